The van der Waals surface area contributed by atoms with Gasteiger partial charge in [-0.25, -0.2) is 4.79 Å². The molecule has 3 rings (SSSR count). The molecule has 2 atom stereocenters. The van der Waals surface area contributed by atoms with Crippen LogP contribution in [0.2, 0.25) is 0 Å². The molecule has 104 valence electrons. The summed E-state index contributed by atoms with van der Waals surface area (Å²) in [4.78, 5) is 35.9. The predicted molar refractivity (Wildman–Crippen MR) is 73.1 cm³/mol. The van der Waals surface area contributed by atoms with Crippen LogP contribution in [0.4, 0.5) is 10.5 Å². The molecule has 3 amide bonds. The first-order chi connectivity index (χ1) is 9.45. The Balaban J connectivity index is 2.12. The van der Waals surface area contributed by atoms with Gasteiger partial charge in [0.05, 0.1) is 7.11 Å². The Hall–Kier alpha value is -2.09. The molecule has 0 saturated carbocycles. The van der Waals surface area contributed by atoms with Gasteiger partial charge >= 0.3 is 6.03 Å². The monoisotopic (exact) mass is 339 g/mol. The summed E-state index contributed by atoms with van der Waals surface area (Å²) >= 11 is 3.22. The van der Waals surface area contributed by atoms with Gasteiger partial charge < -0.3 is 15.4 Å². The molecule has 0 unspecified atom stereocenters. The van der Waals surface area contributed by atoms with Crippen molar-refractivity contribution in [3.05, 3.63) is 23.8 Å². The van der Waals surface area contributed by atoms with Gasteiger partial charge in [-0.05, 0) is 34.1 Å². The minimum atomic E-state index is -1.39. The standard InChI is InChI=1S/C12H10BrN3O4/c1-20-5-2-3-7-6(4-5)8(17)9-12(13,16-7)10(18)15-11(19)14-9/h2-4,9,16H,1H3,(H2,14,15,18,19)/t9-,12-/m0/s1. The lowest BCUT2D eigenvalue weighted by Crippen LogP contribution is -2.72. The highest BCUT2D eigenvalue weighted by atomic mass is 79.9. The lowest BCUT2D eigenvalue weighted by molar-refractivity contribution is -0.122. The van der Waals surface area contributed by atoms with Crippen molar-refractivity contribution in [1.82, 2.24) is 10.6 Å². The normalized spacial score (nSPS) is 27.7. The number of alkyl halides is 1. The molecular formula is C12H10BrN3O4. The van der Waals surface area contributed by atoms with Crippen LogP contribution in [0.3, 0.4) is 0 Å². The van der Waals surface area contributed by atoms with E-state index in [1.165, 1.54) is 7.11 Å². The van der Waals surface area contributed by atoms with Gasteiger partial charge in [-0.2, -0.15) is 0 Å². The fourth-order valence-electron chi connectivity index (χ4n) is 2.28. The first kappa shape index (κ1) is 12.9. The molecule has 1 aromatic rings. The largest absolute Gasteiger partial charge is 0.497 e. The Morgan fingerprint density at radius 2 is 2.05 bits per heavy atom. The summed E-state index contributed by atoms with van der Waals surface area (Å²) in [5.41, 5.74) is 0.856. The van der Waals surface area contributed by atoms with Gasteiger partial charge in [0, 0.05) is 11.3 Å². The number of nitrogens with one attached hydrogen (secondary N) is 3. The van der Waals surface area contributed by atoms with Crippen molar-refractivity contribution >= 4 is 39.3 Å². The van der Waals surface area contributed by atoms with Gasteiger partial charge in [-0.15, -0.1) is 0 Å². The SMILES string of the molecule is COc1ccc2c(c1)C(=O)[C@@H]1NC(=O)NC(=O)[C@@]1(Br)N2. The van der Waals surface area contributed by atoms with Crippen LogP contribution in [0.25, 0.3) is 0 Å². The molecule has 0 aliphatic carbocycles. The Kier molecular flexibility index (Phi) is 2.72. The topological polar surface area (TPSA) is 96.5 Å². The first-order valence-electron chi connectivity index (χ1n) is 5.77. The highest BCUT2D eigenvalue weighted by Gasteiger charge is 2.55. The Morgan fingerprint density at radius 3 is 2.75 bits per heavy atom. The van der Waals surface area contributed by atoms with E-state index in [1.54, 1.807) is 18.2 Å². The van der Waals surface area contributed by atoms with Gasteiger partial charge in [0.25, 0.3) is 5.91 Å². The van der Waals surface area contributed by atoms with Crippen molar-refractivity contribution < 1.29 is 19.1 Å². The summed E-state index contributed by atoms with van der Waals surface area (Å²) in [6.45, 7) is 0. The molecule has 7 nitrogen and oxygen atoms in total. The highest BCUT2D eigenvalue weighted by molar-refractivity contribution is 9.10. The summed E-state index contributed by atoms with van der Waals surface area (Å²) in [7, 11) is 1.49. The van der Waals surface area contributed by atoms with Crippen LogP contribution in [0.5, 0.6) is 5.75 Å². The maximum Gasteiger partial charge on any atom is 0.322 e. The van der Waals surface area contributed by atoms with Crippen molar-refractivity contribution in [2.45, 2.75) is 10.5 Å². The average Bonchev–Trinajstić information content (AvgIpc) is 2.42. The van der Waals surface area contributed by atoms with E-state index in [4.69, 9.17) is 4.74 Å². The molecule has 2 heterocycles. The van der Waals surface area contributed by atoms with E-state index in [2.05, 4.69) is 31.9 Å². The Bertz CT molecular complexity index is 648. The number of Topliss-reactive ketones (excluding diaryl/α,β-unsaturated/α-hetero) is 1. The third-order valence-electron chi connectivity index (χ3n) is 3.30. The number of hydrogen-bond acceptors (Lipinski definition) is 5. The van der Waals surface area contributed by atoms with Crippen LogP contribution in [0.15, 0.2) is 18.2 Å². The summed E-state index contributed by atoms with van der Waals surface area (Å²) in [5, 5.41) is 7.51. The van der Waals surface area contributed by atoms with Crippen LogP contribution in [-0.4, -0.2) is 35.3 Å². The molecule has 1 saturated heterocycles. The van der Waals surface area contributed by atoms with Gasteiger partial charge in [0.15, 0.2) is 5.78 Å². The third kappa shape index (κ3) is 1.68. The van der Waals surface area contributed by atoms with E-state index in [9.17, 15) is 14.4 Å². The number of anilines is 1. The second-order valence-corrected chi connectivity index (χ2v) is 5.72. The van der Waals surface area contributed by atoms with Crippen LogP contribution in [0, 0.1) is 0 Å². The Morgan fingerprint density at radius 1 is 1.30 bits per heavy atom. The second kappa shape index (κ2) is 4.20. The molecule has 0 spiro atoms. The van der Waals surface area contributed by atoms with E-state index in [0.717, 1.165) is 0 Å². The molecule has 0 radical (unpaired) electrons. The molecule has 1 fully saturated rings. The van der Waals surface area contributed by atoms with E-state index in [0.29, 0.717) is 17.0 Å². The van der Waals surface area contributed by atoms with E-state index in [1.807, 2.05) is 0 Å². The number of rotatable bonds is 1. The lowest BCUT2D eigenvalue weighted by Gasteiger charge is -2.42. The third-order valence-corrected chi connectivity index (χ3v) is 4.32. The maximum absolute atomic E-state index is 12.5. The molecule has 2 aliphatic heterocycles. The number of halogens is 1. The number of benzene rings is 1. The van der Waals surface area contributed by atoms with Crippen molar-refractivity contribution in [1.29, 1.82) is 0 Å². The summed E-state index contributed by atoms with van der Waals surface area (Å²) in [6.07, 6.45) is 0. The number of ketones is 1. The molecule has 0 aromatic heterocycles. The fraction of sp³-hybridized carbons (Fsp3) is 0.250. The lowest BCUT2D eigenvalue weighted by atomic mass is 9.90. The summed E-state index contributed by atoms with van der Waals surface area (Å²) in [5.74, 6) is -0.452. The van der Waals surface area contributed by atoms with Gasteiger partial charge in [-0.3, -0.25) is 14.9 Å². The zero-order chi connectivity index (χ0) is 14.5. The van der Waals surface area contributed by atoms with Gasteiger partial charge in [-0.1, -0.05) is 0 Å². The van der Waals surface area contributed by atoms with Crippen molar-refractivity contribution in [2.24, 2.45) is 0 Å². The van der Waals surface area contributed by atoms with Gasteiger partial charge in [0.2, 0.25) is 4.45 Å². The van der Waals surface area contributed by atoms with Crippen LogP contribution in [0.1, 0.15) is 10.4 Å². The number of fused-ring (bicyclic) bond motifs is 2. The maximum atomic E-state index is 12.5. The molecule has 8 heteroatoms. The number of carbonyl (C=O) groups is 3. The highest BCUT2D eigenvalue weighted by Crippen LogP contribution is 2.38. The summed E-state index contributed by atoms with van der Waals surface area (Å²) in [6, 6.07) is 3.17. The second-order valence-electron chi connectivity index (χ2n) is 4.47. The van der Waals surface area contributed by atoms with E-state index < -0.39 is 22.4 Å². The van der Waals surface area contributed by atoms with Crippen LogP contribution in [-0.2, 0) is 4.79 Å². The molecular weight excluding hydrogens is 330 g/mol. The minimum Gasteiger partial charge on any atom is -0.497 e. The number of amides is 3. The molecule has 1 aromatic carbocycles. The Labute approximate surface area is 122 Å². The van der Waals surface area contributed by atoms with Gasteiger partial charge in [0.1, 0.15) is 11.8 Å². The quantitative estimate of drug-likeness (QED) is 0.514. The number of ether oxygens (including phenoxy) is 1. The molecule has 20 heavy (non-hydrogen) atoms. The van der Waals surface area contributed by atoms with Crippen LogP contribution >= 0.6 is 15.9 Å². The van der Waals surface area contributed by atoms with Crippen molar-refractivity contribution in [2.75, 3.05) is 12.4 Å². The van der Waals surface area contributed by atoms with Crippen molar-refractivity contribution in [3.8, 4) is 5.75 Å². The average molecular weight is 340 g/mol. The predicted octanol–water partition coefficient (Wildman–Crippen LogP) is 0.603. The fourth-order valence-corrected chi connectivity index (χ4v) is 2.92. The number of imide groups is 1. The molecule has 2 aliphatic rings. The number of carbonyl (C=O) groups excluding carboxylic acids is 3. The van der Waals surface area contributed by atoms with E-state index in [-0.39, 0.29) is 5.78 Å². The number of methoxy groups -OCH3 is 1. The zero-order valence-corrected chi connectivity index (χ0v) is 11.9. The smallest absolute Gasteiger partial charge is 0.322 e. The zero-order valence-electron chi connectivity index (χ0n) is 10.3. The molecule has 0 bridgehead atoms. The number of urea groups is 1. The van der Waals surface area contributed by atoms with E-state index >= 15 is 0 Å². The minimum absolute atomic E-state index is 0.361. The van der Waals surface area contributed by atoms with Crippen LogP contribution < -0.4 is 20.7 Å². The number of hydrogen-bond donors (Lipinski definition) is 3. The molecule has 3 N–H and O–H groups in total. The van der Waals surface area contributed by atoms with Crippen molar-refractivity contribution in [3.63, 3.8) is 0 Å². The first-order valence-corrected chi connectivity index (χ1v) is 6.56. The summed E-state index contributed by atoms with van der Waals surface area (Å²) < 4.78 is 3.68.